The van der Waals surface area contributed by atoms with Crippen LogP contribution in [0.5, 0.6) is 0 Å². The smallest absolute Gasteiger partial charge is 0.251 e. The number of nitrogen functional groups attached to an aromatic ring is 1. The van der Waals surface area contributed by atoms with E-state index < -0.39 is 0 Å². The fraction of sp³-hybridized carbons (Fsp3) is 0.0769. The molecule has 2 aromatic rings. The zero-order valence-corrected chi connectivity index (χ0v) is 9.64. The van der Waals surface area contributed by atoms with Gasteiger partial charge in [-0.3, -0.25) is 9.59 Å². The molecule has 0 fully saturated rings. The van der Waals surface area contributed by atoms with Gasteiger partial charge in [0.1, 0.15) is 0 Å². The normalized spacial score (nSPS) is 10.0. The van der Waals surface area contributed by atoms with Gasteiger partial charge in [0.15, 0.2) is 0 Å². The van der Waals surface area contributed by atoms with E-state index in [1.54, 1.807) is 18.2 Å². The predicted octanol–water partition coefficient (Wildman–Crippen LogP) is 0.887. The number of anilines is 1. The van der Waals surface area contributed by atoms with Crippen molar-refractivity contribution in [3.8, 4) is 0 Å². The van der Waals surface area contributed by atoms with Crippen molar-refractivity contribution < 1.29 is 4.79 Å². The molecule has 0 radical (unpaired) electrons. The molecule has 0 spiro atoms. The van der Waals surface area contributed by atoms with Crippen LogP contribution in [-0.2, 0) is 6.54 Å². The van der Waals surface area contributed by atoms with Crippen LogP contribution >= 0.6 is 0 Å². The number of nitrogens with one attached hydrogen (secondary N) is 2. The first kappa shape index (κ1) is 11.9. The number of benzene rings is 1. The third kappa shape index (κ3) is 2.98. The molecular formula is C13H13N3O2. The van der Waals surface area contributed by atoms with E-state index in [0.29, 0.717) is 17.8 Å². The maximum Gasteiger partial charge on any atom is 0.251 e. The molecule has 5 nitrogen and oxygen atoms in total. The van der Waals surface area contributed by atoms with E-state index in [2.05, 4.69) is 10.3 Å². The van der Waals surface area contributed by atoms with Crippen molar-refractivity contribution in [2.45, 2.75) is 6.54 Å². The molecule has 1 amide bonds. The Morgan fingerprint density at radius 3 is 2.83 bits per heavy atom. The molecule has 0 aliphatic carbocycles. The summed E-state index contributed by atoms with van der Waals surface area (Å²) in [7, 11) is 0. The van der Waals surface area contributed by atoms with Crippen LogP contribution in [-0.4, -0.2) is 10.9 Å². The zero-order chi connectivity index (χ0) is 13.0. The maximum atomic E-state index is 11.8. The predicted molar refractivity (Wildman–Crippen MR) is 69.1 cm³/mol. The van der Waals surface area contributed by atoms with Crippen molar-refractivity contribution in [1.82, 2.24) is 10.3 Å². The van der Waals surface area contributed by atoms with Crippen LogP contribution < -0.4 is 16.6 Å². The lowest BCUT2D eigenvalue weighted by Crippen LogP contribution is -2.24. The SMILES string of the molecule is Nc1cccc(CNC(=O)c2cc[nH]c(=O)c2)c1. The van der Waals surface area contributed by atoms with E-state index in [4.69, 9.17) is 5.73 Å². The van der Waals surface area contributed by atoms with Gasteiger partial charge in [-0.2, -0.15) is 0 Å². The third-order valence-electron chi connectivity index (χ3n) is 2.44. The second kappa shape index (κ2) is 5.18. The van der Waals surface area contributed by atoms with Gasteiger partial charge in [0, 0.05) is 30.1 Å². The molecule has 0 unspecified atom stereocenters. The second-order valence-corrected chi connectivity index (χ2v) is 3.87. The van der Waals surface area contributed by atoms with Gasteiger partial charge in [0.2, 0.25) is 5.56 Å². The number of aromatic amines is 1. The minimum atomic E-state index is -0.299. The van der Waals surface area contributed by atoms with Crippen LogP contribution in [0.15, 0.2) is 47.4 Å². The van der Waals surface area contributed by atoms with Gasteiger partial charge in [-0.1, -0.05) is 12.1 Å². The summed E-state index contributed by atoms with van der Waals surface area (Å²) in [6, 6.07) is 10.1. The van der Waals surface area contributed by atoms with E-state index in [1.807, 2.05) is 12.1 Å². The van der Waals surface area contributed by atoms with Crippen LogP contribution in [0.1, 0.15) is 15.9 Å². The highest BCUT2D eigenvalue weighted by atomic mass is 16.2. The molecule has 4 N–H and O–H groups in total. The number of nitrogens with two attached hydrogens (primary N) is 1. The molecule has 0 saturated heterocycles. The number of carbonyl (C=O) groups excluding carboxylic acids is 1. The molecule has 0 aliphatic heterocycles. The Morgan fingerprint density at radius 1 is 1.28 bits per heavy atom. The number of rotatable bonds is 3. The molecule has 0 bridgehead atoms. The third-order valence-corrected chi connectivity index (χ3v) is 2.44. The monoisotopic (exact) mass is 243 g/mol. The van der Waals surface area contributed by atoms with Gasteiger partial charge in [-0.15, -0.1) is 0 Å². The molecule has 92 valence electrons. The number of H-pyrrole nitrogens is 1. The number of hydrogen-bond acceptors (Lipinski definition) is 3. The summed E-state index contributed by atoms with van der Waals surface area (Å²) >= 11 is 0. The van der Waals surface area contributed by atoms with Crippen molar-refractivity contribution >= 4 is 11.6 Å². The Bertz CT molecular complexity index is 619. The Kier molecular flexibility index (Phi) is 3.43. The number of pyridine rings is 1. The largest absolute Gasteiger partial charge is 0.399 e. The summed E-state index contributed by atoms with van der Waals surface area (Å²) in [5.74, 6) is -0.288. The topological polar surface area (TPSA) is 88.0 Å². The molecule has 5 heteroatoms. The lowest BCUT2D eigenvalue weighted by atomic mass is 10.2. The highest BCUT2D eigenvalue weighted by Crippen LogP contribution is 2.06. The summed E-state index contributed by atoms with van der Waals surface area (Å²) in [5.41, 5.74) is 7.24. The molecule has 1 aromatic carbocycles. The Morgan fingerprint density at radius 2 is 2.11 bits per heavy atom. The molecule has 0 atom stereocenters. The summed E-state index contributed by atoms with van der Waals surface area (Å²) in [6.45, 7) is 0.372. The lowest BCUT2D eigenvalue weighted by Gasteiger charge is -2.05. The fourth-order valence-electron chi connectivity index (χ4n) is 1.57. The van der Waals surface area contributed by atoms with E-state index in [-0.39, 0.29) is 11.5 Å². The van der Waals surface area contributed by atoms with Crippen LogP contribution in [0.25, 0.3) is 0 Å². The minimum absolute atomic E-state index is 0.288. The fourth-order valence-corrected chi connectivity index (χ4v) is 1.57. The Hall–Kier alpha value is -2.56. The van der Waals surface area contributed by atoms with E-state index in [0.717, 1.165) is 5.56 Å². The van der Waals surface area contributed by atoms with Gasteiger partial charge >= 0.3 is 0 Å². The van der Waals surface area contributed by atoms with Crippen molar-refractivity contribution in [2.75, 3.05) is 5.73 Å². The van der Waals surface area contributed by atoms with Gasteiger partial charge < -0.3 is 16.0 Å². The van der Waals surface area contributed by atoms with Gasteiger partial charge in [-0.25, -0.2) is 0 Å². The molecule has 1 aromatic heterocycles. The van der Waals surface area contributed by atoms with Gasteiger partial charge in [-0.05, 0) is 23.8 Å². The first-order valence-electron chi connectivity index (χ1n) is 5.46. The second-order valence-electron chi connectivity index (χ2n) is 3.87. The molecule has 2 rings (SSSR count). The van der Waals surface area contributed by atoms with Gasteiger partial charge in [0.05, 0.1) is 0 Å². The summed E-state index contributed by atoms with van der Waals surface area (Å²) in [5, 5.41) is 2.72. The molecule has 0 aliphatic rings. The minimum Gasteiger partial charge on any atom is -0.399 e. The quantitative estimate of drug-likeness (QED) is 0.699. The maximum absolute atomic E-state index is 11.8. The highest BCUT2D eigenvalue weighted by molar-refractivity contribution is 5.93. The average molecular weight is 243 g/mol. The number of aromatic nitrogens is 1. The number of hydrogen-bond donors (Lipinski definition) is 3. The van der Waals surface area contributed by atoms with Crippen LogP contribution in [0.3, 0.4) is 0 Å². The summed E-state index contributed by atoms with van der Waals surface area (Å²) in [6.07, 6.45) is 1.44. The molecular weight excluding hydrogens is 230 g/mol. The van der Waals surface area contributed by atoms with Gasteiger partial charge in [0.25, 0.3) is 5.91 Å². The van der Waals surface area contributed by atoms with Crippen molar-refractivity contribution in [3.05, 3.63) is 64.1 Å². The van der Waals surface area contributed by atoms with Crippen LogP contribution in [0.2, 0.25) is 0 Å². The molecule has 1 heterocycles. The van der Waals surface area contributed by atoms with E-state index in [1.165, 1.54) is 12.3 Å². The Balaban J connectivity index is 2.03. The average Bonchev–Trinajstić information content (AvgIpc) is 2.36. The van der Waals surface area contributed by atoms with E-state index in [9.17, 15) is 9.59 Å². The summed E-state index contributed by atoms with van der Waals surface area (Å²) in [4.78, 5) is 25.3. The summed E-state index contributed by atoms with van der Waals surface area (Å²) < 4.78 is 0. The van der Waals surface area contributed by atoms with Crippen LogP contribution in [0.4, 0.5) is 5.69 Å². The molecule has 0 saturated carbocycles. The van der Waals surface area contributed by atoms with Crippen molar-refractivity contribution in [1.29, 1.82) is 0 Å². The first-order valence-corrected chi connectivity index (χ1v) is 5.46. The van der Waals surface area contributed by atoms with E-state index >= 15 is 0 Å². The first-order chi connectivity index (χ1) is 8.65. The lowest BCUT2D eigenvalue weighted by molar-refractivity contribution is 0.0950. The Labute approximate surface area is 104 Å². The zero-order valence-electron chi connectivity index (χ0n) is 9.64. The standard InChI is InChI=1S/C13H13N3O2/c14-11-3-1-2-9(6-11)8-16-13(18)10-4-5-15-12(17)7-10/h1-7H,8,14H2,(H,15,17)(H,16,18). The number of amides is 1. The van der Waals surface area contributed by atoms with Crippen LogP contribution in [0, 0.1) is 0 Å². The number of carbonyl (C=O) groups is 1. The van der Waals surface area contributed by atoms with Crippen molar-refractivity contribution in [2.24, 2.45) is 0 Å². The molecule has 18 heavy (non-hydrogen) atoms. The van der Waals surface area contributed by atoms with Crippen molar-refractivity contribution in [3.63, 3.8) is 0 Å². The highest BCUT2D eigenvalue weighted by Gasteiger charge is 2.05.